The summed E-state index contributed by atoms with van der Waals surface area (Å²) in [6.07, 6.45) is 2.41. The van der Waals surface area contributed by atoms with Crippen molar-refractivity contribution in [3.63, 3.8) is 0 Å². The van der Waals surface area contributed by atoms with Gasteiger partial charge in [0, 0.05) is 23.0 Å². The van der Waals surface area contributed by atoms with Gasteiger partial charge in [-0.25, -0.2) is 4.98 Å². The molecule has 1 fully saturated rings. The van der Waals surface area contributed by atoms with Crippen LogP contribution in [0.25, 0.3) is 10.2 Å². The Morgan fingerprint density at radius 2 is 1.95 bits per heavy atom. The first-order valence-corrected chi connectivity index (χ1v) is 8.02. The van der Waals surface area contributed by atoms with Crippen molar-refractivity contribution in [2.45, 2.75) is 44.7 Å². The molecule has 1 saturated heterocycles. The first kappa shape index (κ1) is 13.3. The van der Waals surface area contributed by atoms with E-state index in [-0.39, 0.29) is 0 Å². The van der Waals surface area contributed by atoms with E-state index in [1.165, 1.54) is 22.5 Å². The Balaban J connectivity index is 1.92. The quantitative estimate of drug-likeness (QED) is 0.768. The minimum absolute atomic E-state index is 0.595. The zero-order chi connectivity index (χ0) is 13.6. The molecule has 0 spiro atoms. The largest absolute Gasteiger partial charge is 0.301 e. The van der Waals surface area contributed by atoms with Crippen LogP contribution < -0.4 is 0 Å². The summed E-state index contributed by atoms with van der Waals surface area (Å²) in [6.45, 7) is 4.62. The molecular weight excluding hydrogens is 276 g/mol. The molecule has 3 atom stereocenters. The summed E-state index contributed by atoms with van der Waals surface area (Å²) in [5.41, 5.74) is 1.05. The van der Waals surface area contributed by atoms with Crippen LogP contribution >= 0.6 is 22.9 Å². The lowest BCUT2D eigenvalue weighted by Crippen LogP contribution is -2.43. The maximum atomic E-state index is 6.04. The number of fused-ring (bicyclic) bond motifs is 1. The van der Waals surface area contributed by atoms with Gasteiger partial charge in [0.05, 0.1) is 15.2 Å². The van der Waals surface area contributed by atoms with Crippen molar-refractivity contribution in [2.75, 3.05) is 7.05 Å². The molecule has 102 valence electrons. The Labute approximate surface area is 123 Å². The Morgan fingerprint density at radius 3 is 2.63 bits per heavy atom. The Bertz CT molecular complexity index is 583. The van der Waals surface area contributed by atoms with Gasteiger partial charge in [-0.1, -0.05) is 11.6 Å². The summed E-state index contributed by atoms with van der Waals surface area (Å²) in [7, 11) is 2.23. The SMILES string of the molecule is C[C@@H]1CC(c2nc3cc(Cl)ccc3s2)C[C@H](C)N1C. The molecular formula is C15H19ClN2S. The van der Waals surface area contributed by atoms with Gasteiger partial charge in [-0.3, -0.25) is 0 Å². The summed E-state index contributed by atoms with van der Waals surface area (Å²) in [4.78, 5) is 7.28. The number of benzene rings is 1. The zero-order valence-corrected chi connectivity index (χ0v) is 13.1. The number of hydrogen-bond donors (Lipinski definition) is 0. The lowest BCUT2D eigenvalue weighted by molar-refractivity contribution is 0.122. The summed E-state index contributed by atoms with van der Waals surface area (Å²) >= 11 is 7.87. The number of halogens is 1. The summed E-state index contributed by atoms with van der Waals surface area (Å²) in [6, 6.07) is 7.26. The number of aromatic nitrogens is 1. The van der Waals surface area contributed by atoms with E-state index >= 15 is 0 Å². The van der Waals surface area contributed by atoms with Crippen LogP contribution in [0.4, 0.5) is 0 Å². The van der Waals surface area contributed by atoms with Crippen LogP contribution in [-0.2, 0) is 0 Å². The van der Waals surface area contributed by atoms with Gasteiger partial charge in [0.2, 0.25) is 0 Å². The molecule has 2 nitrogen and oxygen atoms in total. The van der Waals surface area contributed by atoms with Crippen LogP contribution in [0, 0.1) is 0 Å². The smallest absolute Gasteiger partial charge is 0.0970 e. The van der Waals surface area contributed by atoms with Gasteiger partial charge >= 0.3 is 0 Å². The average Bonchev–Trinajstić information content (AvgIpc) is 2.78. The first-order valence-electron chi connectivity index (χ1n) is 6.82. The topological polar surface area (TPSA) is 16.1 Å². The molecule has 1 aromatic heterocycles. The molecule has 4 heteroatoms. The normalized spacial score (nSPS) is 28.9. The van der Waals surface area contributed by atoms with Crippen LogP contribution in [0.5, 0.6) is 0 Å². The molecule has 0 saturated carbocycles. The van der Waals surface area contributed by atoms with Gasteiger partial charge in [0.1, 0.15) is 0 Å². The highest BCUT2D eigenvalue weighted by atomic mass is 35.5. The summed E-state index contributed by atoms with van der Waals surface area (Å²) in [5.74, 6) is 0.595. The molecule has 0 N–H and O–H groups in total. The average molecular weight is 295 g/mol. The molecule has 0 bridgehead atoms. The van der Waals surface area contributed by atoms with Crippen LogP contribution in [0.2, 0.25) is 5.02 Å². The minimum atomic E-state index is 0.595. The number of rotatable bonds is 1. The highest BCUT2D eigenvalue weighted by Gasteiger charge is 2.30. The van der Waals surface area contributed by atoms with Crippen molar-refractivity contribution in [3.8, 4) is 0 Å². The molecule has 3 rings (SSSR count). The molecule has 1 aromatic carbocycles. The van der Waals surface area contributed by atoms with Gasteiger partial charge in [-0.15, -0.1) is 11.3 Å². The Kier molecular flexibility index (Phi) is 3.54. The molecule has 1 aliphatic rings. The number of nitrogens with zero attached hydrogens (tertiary/aromatic N) is 2. The maximum absolute atomic E-state index is 6.04. The molecule has 1 aliphatic heterocycles. The van der Waals surface area contributed by atoms with Crippen molar-refractivity contribution in [3.05, 3.63) is 28.2 Å². The van der Waals surface area contributed by atoms with Crippen molar-refractivity contribution in [2.24, 2.45) is 0 Å². The predicted molar refractivity (Wildman–Crippen MR) is 83.3 cm³/mol. The van der Waals surface area contributed by atoms with Gasteiger partial charge in [0.15, 0.2) is 0 Å². The second-order valence-corrected chi connectivity index (χ2v) is 7.19. The van der Waals surface area contributed by atoms with E-state index in [0.29, 0.717) is 18.0 Å². The molecule has 2 aromatic rings. The van der Waals surface area contributed by atoms with Gasteiger partial charge < -0.3 is 4.90 Å². The Hall–Kier alpha value is -0.640. The zero-order valence-electron chi connectivity index (χ0n) is 11.6. The summed E-state index contributed by atoms with van der Waals surface area (Å²) < 4.78 is 1.25. The second kappa shape index (κ2) is 5.04. The first-order chi connectivity index (χ1) is 9.04. The molecule has 19 heavy (non-hydrogen) atoms. The number of hydrogen-bond acceptors (Lipinski definition) is 3. The number of likely N-dealkylation sites (tertiary alicyclic amines) is 1. The van der Waals surface area contributed by atoms with E-state index in [1.54, 1.807) is 0 Å². The van der Waals surface area contributed by atoms with E-state index in [1.807, 2.05) is 23.5 Å². The fourth-order valence-corrected chi connectivity index (χ4v) is 4.22. The van der Waals surface area contributed by atoms with E-state index < -0.39 is 0 Å². The van der Waals surface area contributed by atoms with Crippen LogP contribution in [0.3, 0.4) is 0 Å². The highest BCUT2D eigenvalue weighted by Crippen LogP contribution is 2.38. The van der Waals surface area contributed by atoms with Gasteiger partial charge in [-0.2, -0.15) is 0 Å². The highest BCUT2D eigenvalue weighted by molar-refractivity contribution is 7.18. The third kappa shape index (κ3) is 2.51. The number of piperidine rings is 1. The third-order valence-electron chi connectivity index (χ3n) is 4.36. The fourth-order valence-electron chi connectivity index (χ4n) is 2.98. The molecule has 1 unspecified atom stereocenters. The van der Waals surface area contributed by atoms with Crippen LogP contribution in [-0.4, -0.2) is 29.0 Å². The fraction of sp³-hybridized carbons (Fsp3) is 0.533. The van der Waals surface area contributed by atoms with E-state index in [9.17, 15) is 0 Å². The minimum Gasteiger partial charge on any atom is -0.301 e. The van der Waals surface area contributed by atoms with Crippen molar-refractivity contribution in [1.29, 1.82) is 0 Å². The molecule has 2 heterocycles. The van der Waals surface area contributed by atoms with E-state index in [4.69, 9.17) is 16.6 Å². The van der Waals surface area contributed by atoms with Crippen LogP contribution in [0.15, 0.2) is 18.2 Å². The molecule has 0 aliphatic carbocycles. The van der Waals surface area contributed by atoms with Gasteiger partial charge in [-0.05, 0) is 51.9 Å². The van der Waals surface area contributed by atoms with Crippen molar-refractivity contribution >= 4 is 33.2 Å². The lowest BCUT2D eigenvalue weighted by Gasteiger charge is -2.39. The van der Waals surface area contributed by atoms with Crippen molar-refractivity contribution < 1.29 is 0 Å². The standard InChI is InChI=1S/C15H19ClN2S/c1-9-6-11(7-10(2)18(9)3)15-17-13-8-12(16)4-5-14(13)19-15/h4-5,8-11H,6-7H2,1-3H3/t9-,10+,11?. The number of thiazole rings is 1. The van der Waals surface area contributed by atoms with Crippen molar-refractivity contribution in [1.82, 2.24) is 9.88 Å². The lowest BCUT2D eigenvalue weighted by atomic mass is 9.88. The Morgan fingerprint density at radius 1 is 1.26 bits per heavy atom. The summed E-state index contributed by atoms with van der Waals surface area (Å²) in [5, 5.41) is 2.05. The monoisotopic (exact) mass is 294 g/mol. The molecule has 0 amide bonds. The van der Waals surface area contributed by atoms with E-state index in [0.717, 1.165) is 10.5 Å². The van der Waals surface area contributed by atoms with Crippen LogP contribution in [0.1, 0.15) is 37.6 Å². The second-order valence-electron chi connectivity index (χ2n) is 5.70. The van der Waals surface area contributed by atoms with Gasteiger partial charge in [0.25, 0.3) is 0 Å². The third-order valence-corrected chi connectivity index (χ3v) is 5.79. The predicted octanol–water partition coefficient (Wildman–Crippen LogP) is 4.54. The maximum Gasteiger partial charge on any atom is 0.0970 e. The molecule has 0 radical (unpaired) electrons. The van der Waals surface area contributed by atoms with E-state index in [2.05, 4.69) is 31.9 Å².